The number of pyridine rings is 1. The van der Waals surface area contributed by atoms with Gasteiger partial charge in [0.15, 0.2) is 0 Å². The molecule has 0 aliphatic rings. The van der Waals surface area contributed by atoms with Gasteiger partial charge in [-0.05, 0) is 37.1 Å². The lowest BCUT2D eigenvalue weighted by Gasteiger charge is -2.07. The van der Waals surface area contributed by atoms with Crippen LogP contribution in [-0.4, -0.2) is 16.5 Å². The lowest BCUT2D eigenvalue weighted by atomic mass is 10.1. The van der Waals surface area contributed by atoms with Crippen molar-refractivity contribution in [1.82, 2.24) is 4.98 Å². The van der Waals surface area contributed by atoms with Crippen molar-refractivity contribution in [3.8, 4) is 0 Å². The number of nitro groups is 1. The Balaban J connectivity index is 2.05. The summed E-state index contributed by atoms with van der Waals surface area (Å²) >= 11 is 0. The van der Waals surface area contributed by atoms with Crippen LogP contribution in [0.4, 0.5) is 15.9 Å². The minimum atomic E-state index is -0.452. The van der Waals surface area contributed by atoms with Crippen LogP contribution in [0.5, 0.6) is 0 Å². The first-order valence-corrected chi connectivity index (χ1v) is 6.16. The molecule has 0 aliphatic carbocycles. The van der Waals surface area contributed by atoms with Crippen LogP contribution in [0.1, 0.15) is 11.1 Å². The Morgan fingerprint density at radius 3 is 2.90 bits per heavy atom. The molecule has 0 unspecified atom stereocenters. The van der Waals surface area contributed by atoms with Crippen molar-refractivity contribution in [2.24, 2.45) is 0 Å². The second-order valence-corrected chi connectivity index (χ2v) is 4.39. The molecule has 5 nitrogen and oxygen atoms in total. The predicted molar refractivity (Wildman–Crippen MR) is 74.2 cm³/mol. The van der Waals surface area contributed by atoms with Crippen molar-refractivity contribution in [2.75, 3.05) is 11.9 Å². The van der Waals surface area contributed by atoms with Crippen LogP contribution >= 0.6 is 0 Å². The third kappa shape index (κ3) is 3.28. The number of hydrogen-bond donors (Lipinski definition) is 1. The molecular formula is C14H14FN3O2. The van der Waals surface area contributed by atoms with Crippen LogP contribution in [0.25, 0.3) is 0 Å². The molecule has 0 radical (unpaired) electrons. The zero-order chi connectivity index (χ0) is 14.5. The molecule has 0 amide bonds. The van der Waals surface area contributed by atoms with E-state index in [4.69, 9.17) is 0 Å². The number of aryl methyl sites for hydroxylation is 1. The van der Waals surface area contributed by atoms with E-state index >= 15 is 0 Å². The molecule has 1 heterocycles. The predicted octanol–water partition coefficient (Wildman–Crippen LogP) is 3.09. The van der Waals surface area contributed by atoms with Gasteiger partial charge in [-0.25, -0.2) is 9.37 Å². The van der Waals surface area contributed by atoms with Gasteiger partial charge < -0.3 is 5.32 Å². The Labute approximate surface area is 115 Å². The maximum absolute atomic E-state index is 13.0. The van der Waals surface area contributed by atoms with Crippen LogP contribution < -0.4 is 5.32 Å². The normalized spacial score (nSPS) is 10.3. The fraction of sp³-hybridized carbons (Fsp3) is 0.214. The fourth-order valence-corrected chi connectivity index (χ4v) is 1.93. The molecule has 0 fully saturated rings. The summed E-state index contributed by atoms with van der Waals surface area (Å²) in [6.45, 7) is 2.11. The highest BCUT2D eigenvalue weighted by Gasteiger charge is 2.17. The third-order valence-electron chi connectivity index (χ3n) is 2.90. The first-order valence-electron chi connectivity index (χ1n) is 6.16. The number of benzene rings is 1. The van der Waals surface area contributed by atoms with Gasteiger partial charge in [-0.1, -0.05) is 12.1 Å². The summed E-state index contributed by atoms with van der Waals surface area (Å²) in [6.07, 6.45) is 2.08. The standard InChI is InChI=1S/C14H14FN3O2/c1-10-5-7-16-14(13(10)18(19)20)17-8-6-11-3-2-4-12(15)9-11/h2-5,7,9H,6,8H2,1H3,(H,16,17). The SMILES string of the molecule is Cc1ccnc(NCCc2cccc(F)c2)c1[N+](=O)[O-]. The van der Waals surface area contributed by atoms with Gasteiger partial charge in [-0.15, -0.1) is 0 Å². The monoisotopic (exact) mass is 275 g/mol. The Hall–Kier alpha value is -2.50. The number of nitrogens with one attached hydrogen (secondary N) is 1. The number of halogens is 1. The van der Waals surface area contributed by atoms with E-state index in [0.29, 0.717) is 18.5 Å². The highest BCUT2D eigenvalue weighted by atomic mass is 19.1. The van der Waals surface area contributed by atoms with Crippen LogP contribution in [0.3, 0.4) is 0 Å². The number of hydrogen-bond acceptors (Lipinski definition) is 4. The average molecular weight is 275 g/mol. The van der Waals surface area contributed by atoms with Crippen molar-refractivity contribution in [3.63, 3.8) is 0 Å². The molecule has 0 aliphatic heterocycles. The topological polar surface area (TPSA) is 68.1 Å². The molecule has 2 rings (SSSR count). The summed E-state index contributed by atoms with van der Waals surface area (Å²) in [4.78, 5) is 14.5. The van der Waals surface area contributed by atoms with Gasteiger partial charge in [-0.3, -0.25) is 10.1 Å². The van der Waals surface area contributed by atoms with E-state index in [1.807, 2.05) is 6.07 Å². The minimum absolute atomic E-state index is 0.0215. The fourth-order valence-electron chi connectivity index (χ4n) is 1.93. The maximum atomic E-state index is 13.0. The minimum Gasteiger partial charge on any atom is -0.364 e. The van der Waals surface area contributed by atoms with E-state index in [1.54, 1.807) is 19.1 Å². The third-order valence-corrected chi connectivity index (χ3v) is 2.90. The molecule has 1 N–H and O–H groups in total. The van der Waals surface area contributed by atoms with E-state index in [-0.39, 0.29) is 17.3 Å². The Morgan fingerprint density at radius 1 is 1.40 bits per heavy atom. The molecule has 0 spiro atoms. The summed E-state index contributed by atoms with van der Waals surface area (Å²) in [5.74, 6) is -0.0476. The molecule has 2 aromatic rings. The maximum Gasteiger partial charge on any atom is 0.314 e. The van der Waals surface area contributed by atoms with E-state index in [0.717, 1.165) is 5.56 Å². The molecule has 0 saturated carbocycles. The quantitative estimate of drug-likeness (QED) is 0.672. The number of nitrogens with zero attached hydrogens (tertiary/aromatic N) is 2. The molecule has 0 atom stereocenters. The van der Waals surface area contributed by atoms with Gasteiger partial charge in [0.25, 0.3) is 0 Å². The lowest BCUT2D eigenvalue weighted by molar-refractivity contribution is -0.384. The summed E-state index contributed by atoms with van der Waals surface area (Å²) in [5.41, 5.74) is 1.36. The molecule has 0 saturated heterocycles. The van der Waals surface area contributed by atoms with E-state index in [9.17, 15) is 14.5 Å². The highest BCUT2D eigenvalue weighted by Crippen LogP contribution is 2.25. The summed E-state index contributed by atoms with van der Waals surface area (Å²) in [6, 6.07) is 7.86. The second kappa shape index (κ2) is 6.10. The van der Waals surface area contributed by atoms with Crippen LogP contribution in [0.2, 0.25) is 0 Å². The summed E-state index contributed by atoms with van der Waals surface area (Å²) in [5, 5.41) is 13.9. The first-order chi connectivity index (χ1) is 9.58. The van der Waals surface area contributed by atoms with Gasteiger partial charge in [0.05, 0.1) is 4.92 Å². The largest absolute Gasteiger partial charge is 0.364 e. The molecule has 1 aromatic heterocycles. The molecule has 0 bridgehead atoms. The molecule has 104 valence electrons. The summed E-state index contributed by atoms with van der Waals surface area (Å²) < 4.78 is 13.0. The van der Waals surface area contributed by atoms with Crippen molar-refractivity contribution in [2.45, 2.75) is 13.3 Å². The van der Waals surface area contributed by atoms with E-state index < -0.39 is 4.92 Å². The molecule has 20 heavy (non-hydrogen) atoms. The zero-order valence-electron chi connectivity index (χ0n) is 11.0. The van der Waals surface area contributed by atoms with Crippen LogP contribution in [0.15, 0.2) is 36.5 Å². The van der Waals surface area contributed by atoms with Gasteiger partial charge >= 0.3 is 5.69 Å². The number of aromatic nitrogens is 1. The van der Waals surface area contributed by atoms with Gasteiger partial charge in [0, 0.05) is 18.3 Å². The van der Waals surface area contributed by atoms with Gasteiger partial charge in [-0.2, -0.15) is 0 Å². The van der Waals surface area contributed by atoms with Crippen LogP contribution in [0, 0.1) is 22.9 Å². The Morgan fingerprint density at radius 2 is 2.20 bits per heavy atom. The number of rotatable bonds is 5. The van der Waals surface area contributed by atoms with Gasteiger partial charge in [0.1, 0.15) is 5.82 Å². The van der Waals surface area contributed by atoms with E-state index in [1.165, 1.54) is 18.3 Å². The lowest BCUT2D eigenvalue weighted by Crippen LogP contribution is -2.09. The molecule has 1 aromatic carbocycles. The van der Waals surface area contributed by atoms with Crippen molar-refractivity contribution < 1.29 is 9.31 Å². The first kappa shape index (κ1) is 13.9. The Kier molecular flexibility index (Phi) is 4.24. The Bertz CT molecular complexity index is 632. The smallest absolute Gasteiger partial charge is 0.314 e. The molecular weight excluding hydrogens is 261 g/mol. The molecule has 6 heteroatoms. The average Bonchev–Trinajstić information content (AvgIpc) is 2.38. The van der Waals surface area contributed by atoms with Crippen molar-refractivity contribution in [3.05, 3.63) is 63.6 Å². The second-order valence-electron chi connectivity index (χ2n) is 4.39. The van der Waals surface area contributed by atoms with E-state index in [2.05, 4.69) is 10.3 Å². The van der Waals surface area contributed by atoms with Crippen molar-refractivity contribution >= 4 is 11.5 Å². The van der Waals surface area contributed by atoms with Crippen molar-refractivity contribution in [1.29, 1.82) is 0 Å². The summed E-state index contributed by atoms with van der Waals surface area (Å²) in [7, 11) is 0. The van der Waals surface area contributed by atoms with Gasteiger partial charge in [0.2, 0.25) is 5.82 Å². The zero-order valence-corrected chi connectivity index (χ0v) is 11.0. The van der Waals surface area contributed by atoms with Crippen LogP contribution in [-0.2, 0) is 6.42 Å². The number of anilines is 1. The highest BCUT2D eigenvalue weighted by molar-refractivity contribution is 5.59.